The summed E-state index contributed by atoms with van der Waals surface area (Å²) >= 11 is 0. The minimum atomic E-state index is -0.991. The van der Waals surface area contributed by atoms with E-state index in [0.29, 0.717) is 30.9 Å². The number of ether oxygens (including phenoxy) is 1. The fourth-order valence-electron chi connectivity index (χ4n) is 3.77. The minimum Gasteiger partial charge on any atom is -0.507 e. The maximum Gasteiger partial charge on any atom is 0.295 e. The van der Waals surface area contributed by atoms with Crippen molar-refractivity contribution in [2.24, 2.45) is 0 Å². The van der Waals surface area contributed by atoms with Crippen molar-refractivity contribution in [1.29, 1.82) is 0 Å². The number of rotatable bonds is 9. The van der Waals surface area contributed by atoms with Crippen molar-refractivity contribution in [3.8, 4) is 5.75 Å². The number of nitrogens with zero attached hydrogens (tertiary/aromatic N) is 2. The van der Waals surface area contributed by atoms with E-state index < -0.39 is 23.5 Å². The van der Waals surface area contributed by atoms with Gasteiger partial charge in [-0.05, 0) is 63.8 Å². The molecule has 170 valence electrons. The lowest BCUT2D eigenvalue weighted by Gasteiger charge is -2.26. The van der Waals surface area contributed by atoms with Crippen molar-refractivity contribution in [1.82, 2.24) is 9.80 Å². The zero-order chi connectivity index (χ0) is 23.3. The molecule has 0 aliphatic carbocycles. The predicted octanol–water partition coefficient (Wildman–Crippen LogP) is 3.99. The average molecular weight is 441 g/mol. The van der Waals surface area contributed by atoms with Crippen LogP contribution < -0.4 is 4.74 Å². The van der Waals surface area contributed by atoms with E-state index in [2.05, 4.69) is 0 Å². The van der Waals surface area contributed by atoms with E-state index in [4.69, 9.17) is 4.74 Å². The number of aliphatic hydroxyl groups excluding tert-OH is 1. The first kappa shape index (κ1) is 23.5. The number of likely N-dealkylation sites (tertiary alicyclic amines) is 1. The van der Waals surface area contributed by atoms with Gasteiger partial charge in [-0.3, -0.25) is 9.59 Å². The van der Waals surface area contributed by atoms with E-state index in [1.165, 1.54) is 11.0 Å². The maximum absolute atomic E-state index is 14.8. The second-order valence-electron chi connectivity index (χ2n) is 8.04. The van der Waals surface area contributed by atoms with Gasteiger partial charge in [0.2, 0.25) is 0 Å². The molecule has 1 aliphatic rings. The molecule has 0 radical (unpaired) electrons. The van der Waals surface area contributed by atoms with Gasteiger partial charge < -0.3 is 19.6 Å². The Labute approximate surface area is 187 Å². The van der Waals surface area contributed by atoms with Crippen molar-refractivity contribution in [3.05, 3.63) is 71.0 Å². The van der Waals surface area contributed by atoms with Crippen LogP contribution in [0.2, 0.25) is 0 Å². The Morgan fingerprint density at radius 2 is 1.81 bits per heavy atom. The topological polar surface area (TPSA) is 70.1 Å². The molecular weight excluding hydrogens is 411 g/mol. The van der Waals surface area contributed by atoms with Crippen molar-refractivity contribution < 1.29 is 23.8 Å². The van der Waals surface area contributed by atoms with Gasteiger partial charge in [-0.1, -0.05) is 25.1 Å². The number of hydrogen-bond donors (Lipinski definition) is 1. The Morgan fingerprint density at radius 1 is 1.12 bits per heavy atom. The van der Waals surface area contributed by atoms with Crippen LogP contribution in [0.5, 0.6) is 5.75 Å². The molecule has 1 fully saturated rings. The molecule has 2 aromatic rings. The standard InChI is InChI=1S/C25H29FN2O4/c1-4-16-32-18-12-10-17(11-13-18)23(29)21-22(19-8-5-6-9-20(19)26)28(25(31)24(21)30)15-7-14-27(2)3/h5-6,8-13,22,29H,4,7,14-16H2,1-3H3/b23-21+. The summed E-state index contributed by atoms with van der Waals surface area (Å²) in [6.07, 6.45) is 1.47. The highest BCUT2D eigenvalue weighted by Gasteiger charge is 2.46. The fraction of sp³-hybridized carbons (Fsp3) is 0.360. The van der Waals surface area contributed by atoms with Crippen LogP contribution in [0, 0.1) is 5.82 Å². The Balaban J connectivity index is 2.03. The van der Waals surface area contributed by atoms with Crippen LogP contribution >= 0.6 is 0 Å². The second-order valence-corrected chi connectivity index (χ2v) is 8.04. The molecule has 32 heavy (non-hydrogen) atoms. The van der Waals surface area contributed by atoms with Gasteiger partial charge in [0, 0.05) is 17.7 Å². The van der Waals surface area contributed by atoms with Crippen molar-refractivity contribution in [2.75, 3.05) is 33.8 Å². The molecule has 1 aliphatic heterocycles. The zero-order valence-corrected chi connectivity index (χ0v) is 18.7. The van der Waals surface area contributed by atoms with E-state index in [0.717, 1.165) is 6.42 Å². The molecule has 0 saturated carbocycles. The maximum atomic E-state index is 14.8. The molecule has 1 heterocycles. The minimum absolute atomic E-state index is 0.104. The first-order chi connectivity index (χ1) is 15.3. The Kier molecular flexibility index (Phi) is 7.64. The highest BCUT2D eigenvalue weighted by molar-refractivity contribution is 6.46. The van der Waals surface area contributed by atoms with Crippen molar-refractivity contribution >= 4 is 17.4 Å². The molecule has 1 N–H and O–H groups in total. The number of aliphatic hydroxyl groups is 1. The van der Waals surface area contributed by atoms with Crippen LogP contribution in [0.15, 0.2) is 54.1 Å². The molecule has 1 amide bonds. The lowest BCUT2D eigenvalue weighted by molar-refractivity contribution is -0.140. The van der Waals surface area contributed by atoms with Gasteiger partial charge in [0.1, 0.15) is 17.3 Å². The highest BCUT2D eigenvalue weighted by atomic mass is 19.1. The summed E-state index contributed by atoms with van der Waals surface area (Å²) in [7, 11) is 3.83. The van der Waals surface area contributed by atoms with Gasteiger partial charge in [0.25, 0.3) is 11.7 Å². The van der Waals surface area contributed by atoms with Gasteiger partial charge in [-0.25, -0.2) is 4.39 Å². The van der Waals surface area contributed by atoms with Crippen LogP contribution in [-0.4, -0.2) is 60.4 Å². The summed E-state index contributed by atoms with van der Waals surface area (Å²) < 4.78 is 20.3. The Bertz CT molecular complexity index is 1000. The Morgan fingerprint density at radius 3 is 2.44 bits per heavy atom. The number of hydrogen-bond acceptors (Lipinski definition) is 5. The van der Waals surface area contributed by atoms with Crippen LogP contribution in [0.25, 0.3) is 5.76 Å². The summed E-state index contributed by atoms with van der Waals surface area (Å²) in [4.78, 5) is 29.2. The highest BCUT2D eigenvalue weighted by Crippen LogP contribution is 2.40. The van der Waals surface area contributed by atoms with Gasteiger partial charge in [0.15, 0.2) is 0 Å². The molecule has 1 atom stereocenters. The third-order valence-corrected chi connectivity index (χ3v) is 5.34. The summed E-state index contributed by atoms with van der Waals surface area (Å²) in [5, 5.41) is 11.0. The Hall–Kier alpha value is -3.19. The number of ketones is 1. The molecular formula is C25H29FN2O4. The second kappa shape index (κ2) is 10.4. The van der Waals surface area contributed by atoms with E-state index in [1.807, 2.05) is 25.9 Å². The molecule has 3 rings (SSSR count). The van der Waals surface area contributed by atoms with Gasteiger partial charge >= 0.3 is 0 Å². The van der Waals surface area contributed by atoms with Crippen LogP contribution in [0.1, 0.15) is 36.9 Å². The van der Waals surface area contributed by atoms with E-state index in [-0.39, 0.29) is 23.4 Å². The molecule has 1 saturated heterocycles. The van der Waals surface area contributed by atoms with Crippen molar-refractivity contribution in [3.63, 3.8) is 0 Å². The van der Waals surface area contributed by atoms with E-state index >= 15 is 0 Å². The smallest absolute Gasteiger partial charge is 0.295 e. The van der Waals surface area contributed by atoms with E-state index in [9.17, 15) is 19.1 Å². The number of carbonyl (C=O) groups is 2. The normalized spacial score (nSPS) is 17.9. The lowest BCUT2D eigenvalue weighted by Crippen LogP contribution is -2.32. The molecule has 1 unspecified atom stereocenters. The fourth-order valence-corrected chi connectivity index (χ4v) is 3.77. The van der Waals surface area contributed by atoms with Crippen molar-refractivity contribution in [2.45, 2.75) is 25.8 Å². The number of halogens is 1. The molecule has 0 aromatic heterocycles. The SMILES string of the molecule is CCCOc1ccc(/C(O)=C2\C(=O)C(=O)N(CCCN(C)C)C2c2ccccc2F)cc1. The third-order valence-electron chi connectivity index (χ3n) is 5.34. The van der Waals surface area contributed by atoms with E-state index in [1.54, 1.807) is 42.5 Å². The van der Waals surface area contributed by atoms with Crippen LogP contribution in [0.4, 0.5) is 4.39 Å². The third kappa shape index (κ3) is 4.99. The summed E-state index contributed by atoms with van der Waals surface area (Å²) in [6.45, 7) is 3.53. The largest absolute Gasteiger partial charge is 0.507 e. The lowest BCUT2D eigenvalue weighted by atomic mass is 9.95. The summed E-state index contributed by atoms with van der Waals surface area (Å²) in [6, 6.07) is 11.7. The summed E-state index contributed by atoms with van der Waals surface area (Å²) in [5.74, 6) is -1.77. The monoisotopic (exact) mass is 440 g/mol. The number of carbonyl (C=O) groups excluding carboxylic acids is 2. The number of benzene rings is 2. The molecule has 6 nitrogen and oxygen atoms in total. The van der Waals surface area contributed by atoms with Crippen LogP contribution in [0.3, 0.4) is 0 Å². The zero-order valence-electron chi connectivity index (χ0n) is 18.7. The molecule has 0 bridgehead atoms. The van der Waals surface area contributed by atoms with Gasteiger partial charge in [-0.2, -0.15) is 0 Å². The molecule has 0 spiro atoms. The predicted molar refractivity (Wildman–Crippen MR) is 121 cm³/mol. The quantitative estimate of drug-likeness (QED) is 0.363. The first-order valence-electron chi connectivity index (χ1n) is 10.8. The van der Waals surface area contributed by atoms with Gasteiger partial charge in [0.05, 0.1) is 18.2 Å². The average Bonchev–Trinajstić information content (AvgIpc) is 3.02. The van der Waals surface area contributed by atoms with Gasteiger partial charge in [-0.15, -0.1) is 0 Å². The first-order valence-corrected chi connectivity index (χ1v) is 10.8. The van der Waals surface area contributed by atoms with Crippen LogP contribution in [-0.2, 0) is 9.59 Å². The molecule has 7 heteroatoms. The number of amides is 1. The molecule has 2 aromatic carbocycles. The summed E-state index contributed by atoms with van der Waals surface area (Å²) in [5.41, 5.74) is 0.440. The number of Topliss-reactive ketones (excluding diaryl/α,β-unsaturated/α-hetero) is 1.